The summed E-state index contributed by atoms with van der Waals surface area (Å²) >= 11 is 0. The first-order chi connectivity index (χ1) is 14.1. The quantitative estimate of drug-likeness (QED) is 0.442. The molecule has 0 aliphatic rings. The van der Waals surface area contributed by atoms with E-state index in [0.29, 0.717) is 23.8 Å². The third-order valence-electron chi connectivity index (χ3n) is 4.15. The second kappa shape index (κ2) is 7.89. The molecule has 10 nitrogen and oxygen atoms in total. The van der Waals surface area contributed by atoms with E-state index in [1.165, 1.54) is 12.5 Å². The fraction of sp³-hybridized carbons (Fsp3) is 0.158. The predicted molar refractivity (Wildman–Crippen MR) is 102 cm³/mol. The zero-order chi connectivity index (χ0) is 20.2. The summed E-state index contributed by atoms with van der Waals surface area (Å²) in [7, 11) is 0. The van der Waals surface area contributed by atoms with Gasteiger partial charge in [0.25, 0.3) is 11.8 Å². The van der Waals surface area contributed by atoms with Crippen LogP contribution in [0.15, 0.2) is 57.9 Å². The monoisotopic (exact) mass is 394 g/mol. The number of anilines is 1. The standard InChI is InChI=1S/C19H18N6O4/c1-2-25-11-15(17(24-25)19(27)20-10-12-5-3-7-28-12)21-18(26)14-9-13(22-23-14)16-6-4-8-29-16/h3-9,11H,2,10H2,1H3,(H,20,27)(H,21,26)(H,22,23). The zero-order valence-corrected chi connectivity index (χ0v) is 15.5. The molecule has 0 aliphatic heterocycles. The number of nitrogens with zero attached hydrogens (tertiary/aromatic N) is 3. The van der Waals surface area contributed by atoms with Gasteiger partial charge in [0.15, 0.2) is 17.1 Å². The summed E-state index contributed by atoms with van der Waals surface area (Å²) in [4.78, 5) is 25.2. The van der Waals surface area contributed by atoms with Crippen molar-refractivity contribution in [2.24, 2.45) is 0 Å². The molecule has 0 aromatic carbocycles. The van der Waals surface area contributed by atoms with Gasteiger partial charge < -0.3 is 19.5 Å². The number of aromatic nitrogens is 4. The highest BCUT2D eigenvalue weighted by molar-refractivity contribution is 6.07. The second-order valence-electron chi connectivity index (χ2n) is 6.11. The highest BCUT2D eigenvalue weighted by atomic mass is 16.3. The van der Waals surface area contributed by atoms with Gasteiger partial charge in [0.1, 0.15) is 11.5 Å². The van der Waals surface area contributed by atoms with Crippen LogP contribution in [0.25, 0.3) is 11.5 Å². The lowest BCUT2D eigenvalue weighted by Gasteiger charge is -2.04. The van der Waals surface area contributed by atoms with E-state index < -0.39 is 11.8 Å². The second-order valence-corrected chi connectivity index (χ2v) is 6.11. The van der Waals surface area contributed by atoms with Crippen LogP contribution in [-0.4, -0.2) is 31.8 Å². The van der Waals surface area contributed by atoms with E-state index in [1.54, 1.807) is 41.2 Å². The van der Waals surface area contributed by atoms with Gasteiger partial charge >= 0.3 is 0 Å². The molecule has 0 saturated heterocycles. The molecular formula is C19H18N6O4. The van der Waals surface area contributed by atoms with Gasteiger partial charge in [-0.3, -0.25) is 19.4 Å². The van der Waals surface area contributed by atoms with Crippen molar-refractivity contribution in [3.05, 3.63) is 66.2 Å². The number of rotatable bonds is 7. The fourth-order valence-corrected chi connectivity index (χ4v) is 2.69. The molecule has 4 aromatic heterocycles. The Morgan fingerprint density at radius 3 is 2.72 bits per heavy atom. The van der Waals surface area contributed by atoms with Crippen LogP contribution in [0.2, 0.25) is 0 Å². The summed E-state index contributed by atoms with van der Waals surface area (Å²) < 4.78 is 12.0. The Morgan fingerprint density at radius 1 is 1.17 bits per heavy atom. The number of carbonyl (C=O) groups is 2. The molecule has 0 atom stereocenters. The van der Waals surface area contributed by atoms with Crippen molar-refractivity contribution in [1.29, 1.82) is 0 Å². The number of nitrogens with one attached hydrogen (secondary N) is 3. The Bertz CT molecular complexity index is 1110. The molecule has 4 aromatic rings. The summed E-state index contributed by atoms with van der Waals surface area (Å²) in [6, 6.07) is 8.54. The molecule has 148 valence electrons. The van der Waals surface area contributed by atoms with Gasteiger partial charge in [0.05, 0.1) is 24.8 Å². The van der Waals surface area contributed by atoms with Crippen LogP contribution in [-0.2, 0) is 13.1 Å². The van der Waals surface area contributed by atoms with Crippen molar-refractivity contribution in [2.75, 3.05) is 5.32 Å². The molecule has 10 heteroatoms. The first-order valence-electron chi connectivity index (χ1n) is 8.92. The third-order valence-corrected chi connectivity index (χ3v) is 4.15. The van der Waals surface area contributed by atoms with Gasteiger partial charge in [-0.15, -0.1) is 0 Å². The van der Waals surface area contributed by atoms with Crippen LogP contribution >= 0.6 is 0 Å². The smallest absolute Gasteiger partial charge is 0.276 e. The SMILES string of the molecule is CCn1cc(NC(=O)c2cc(-c3ccco3)[nH]n2)c(C(=O)NCc2ccco2)n1. The number of carbonyl (C=O) groups excluding carboxylic acids is 2. The normalized spacial score (nSPS) is 10.8. The minimum atomic E-state index is -0.477. The largest absolute Gasteiger partial charge is 0.467 e. The van der Waals surface area contributed by atoms with Crippen molar-refractivity contribution >= 4 is 17.5 Å². The third kappa shape index (κ3) is 3.95. The molecule has 0 unspecified atom stereocenters. The first kappa shape index (κ1) is 18.3. The van der Waals surface area contributed by atoms with Crippen molar-refractivity contribution < 1.29 is 18.4 Å². The number of hydrogen-bond acceptors (Lipinski definition) is 6. The zero-order valence-electron chi connectivity index (χ0n) is 15.5. The van der Waals surface area contributed by atoms with Crippen molar-refractivity contribution in [1.82, 2.24) is 25.3 Å². The summed E-state index contributed by atoms with van der Waals surface area (Å²) in [5.41, 5.74) is 1.12. The molecule has 29 heavy (non-hydrogen) atoms. The molecule has 0 aliphatic carbocycles. The Morgan fingerprint density at radius 2 is 2.00 bits per heavy atom. The maximum Gasteiger partial charge on any atom is 0.276 e. The molecule has 4 heterocycles. The molecule has 4 rings (SSSR count). The van der Waals surface area contributed by atoms with E-state index >= 15 is 0 Å². The average molecular weight is 394 g/mol. The average Bonchev–Trinajstić information content (AvgIpc) is 3.52. The van der Waals surface area contributed by atoms with Crippen molar-refractivity contribution in [3.63, 3.8) is 0 Å². The number of hydrogen-bond donors (Lipinski definition) is 3. The van der Waals surface area contributed by atoms with Crippen LogP contribution in [0, 0.1) is 0 Å². The molecule has 0 fully saturated rings. The van der Waals surface area contributed by atoms with Gasteiger partial charge in [-0.25, -0.2) is 0 Å². The van der Waals surface area contributed by atoms with Gasteiger partial charge in [0.2, 0.25) is 0 Å². The maximum atomic E-state index is 12.6. The van der Waals surface area contributed by atoms with Crippen molar-refractivity contribution in [2.45, 2.75) is 20.0 Å². The van der Waals surface area contributed by atoms with E-state index in [0.717, 1.165) is 0 Å². The minimum Gasteiger partial charge on any atom is -0.467 e. The van der Waals surface area contributed by atoms with E-state index in [2.05, 4.69) is 25.9 Å². The molecular weight excluding hydrogens is 376 g/mol. The highest BCUT2D eigenvalue weighted by Gasteiger charge is 2.21. The topological polar surface area (TPSA) is 131 Å². The fourth-order valence-electron chi connectivity index (χ4n) is 2.69. The molecule has 2 amide bonds. The number of H-pyrrole nitrogens is 1. The van der Waals surface area contributed by atoms with Crippen LogP contribution < -0.4 is 10.6 Å². The minimum absolute atomic E-state index is 0.105. The Balaban J connectivity index is 1.49. The van der Waals surface area contributed by atoms with Crippen LogP contribution in [0.1, 0.15) is 33.7 Å². The molecule has 0 bridgehead atoms. The van der Waals surface area contributed by atoms with Crippen LogP contribution in [0.3, 0.4) is 0 Å². The molecule has 0 radical (unpaired) electrons. The Hall–Kier alpha value is -4.08. The summed E-state index contributed by atoms with van der Waals surface area (Å²) in [5.74, 6) is 0.270. The molecule has 0 spiro atoms. The van der Waals surface area contributed by atoms with Crippen LogP contribution in [0.4, 0.5) is 5.69 Å². The Kier molecular flexibility index (Phi) is 4.97. The molecule has 0 saturated carbocycles. The lowest BCUT2D eigenvalue weighted by atomic mass is 10.2. The first-order valence-corrected chi connectivity index (χ1v) is 8.92. The van der Waals surface area contributed by atoms with E-state index in [9.17, 15) is 9.59 Å². The predicted octanol–water partition coefficient (Wildman–Crippen LogP) is 2.66. The lowest BCUT2D eigenvalue weighted by Crippen LogP contribution is -2.25. The van der Waals surface area contributed by atoms with E-state index in [1.807, 2.05) is 6.92 Å². The Labute approximate surface area is 164 Å². The van der Waals surface area contributed by atoms with E-state index in [-0.39, 0.29) is 23.6 Å². The number of furan rings is 2. The summed E-state index contributed by atoms with van der Waals surface area (Å²) in [6.07, 6.45) is 4.66. The van der Waals surface area contributed by atoms with E-state index in [4.69, 9.17) is 8.83 Å². The van der Waals surface area contributed by atoms with Gasteiger partial charge in [0, 0.05) is 18.8 Å². The number of amides is 2. The van der Waals surface area contributed by atoms with Crippen LogP contribution in [0.5, 0.6) is 0 Å². The van der Waals surface area contributed by atoms with Gasteiger partial charge in [-0.2, -0.15) is 10.2 Å². The highest BCUT2D eigenvalue weighted by Crippen LogP contribution is 2.20. The number of aromatic amines is 1. The van der Waals surface area contributed by atoms with Gasteiger partial charge in [-0.1, -0.05) is 0 Å². The molecule has 3 N–H and O–H groups in total. The lowest BCUT2D eigenvalue weighted by molar-refractivity contribution is 0.0943. The van der Waals surface area contributed by atoms with Gasteiger partial charge in [-0.05, 0) is 31.2 Å². The number of aryl methyl sites for hydroxylation is 1. The summed E-state index contributed by atoms with van der Waals surface area (Å²) in [6.45, 7) is 2.63. The van der Waals surface area contributed by atoms with Crippen molar-refractivity contribution in [3.8, 4) is 11.5 Å². The summed E-state index contributed by atoms with van der Waals surface area (Å²) in [5, 5.41) is 16.4. The maximum absolute atomic E-state index is 12.6.